The van der Waals surface area contributed by atoms with Crippen LogP contribution in [-0.4, -0.2) is 12.5 Å². The molecule has 0 aliphatic carbocycles. The number of rotatable bonds is 3. The van der Waals surface area contributed by atoms with Gasteiger partial charge in [0.25, 0.3) is 5.91 Å². The van der Waals surface area contributed by atoms with E-state index >= 15 is 0 Å². The highest BCUT2D eigenvalue weighted by Gasteiger charge is 2.11. The maximum absolute atomic E-state index is 12.1. The van der Waals surface area contributed by atoms with Crippen molar-refractivity contribution in [1.82, 2.24) is 5.32 Å². The van der Waals surface area contributed by atoms with E-state index in [1.807, 2.05) is 38.1 Å². The van der Waals surface area contributed by atoms with E-state index in [0.717, 1.165) is 36.3 Å². The van der Waals surface area contributed by atoms with Gasteiger partial charge >= 0.3 is 0 Å². The lowest BCUT2D eigenvalue weighted by atomic mass is 10.1. The van der Waals surface area contributed by atoms with E-state index in [4.69, 9.17) is 4.74 Å². The summed E-state index contributed by atoms with van der Waals surface area (Å²) in [5.74, 6) is 1.71. The summed E-state index contributed by atoms with van der Waals surface area (Å²) in [7, 11) is 0. The highest BCUT2D eigenvalue weighted by Crippen LogP contribution is 2.20. The fraction of sp³-hybridized carbons (Fsp3) is 0.389. The van der Waals surface area contributed by atoms with Crippen molar-refractivity contribution >= 4 is 5.91 Å². The van der Waals surface area contributed by atoms with E-state index in [0.29, 0.717) is 12.1 Å². The monoisotopic (exact) mass is 285 g/mol. The fourth-order valence-electron chi connectivity index (χ4n) is 2.29. The van der Waals surface area contributed by atoms with Gasteiger partial charge in [0.15, 0.2) is 0 Å². The molecular weight excluding hydrogens is 262 g/mol. The number of nitrogens with one attached hydrogen (secondary N) is 1. The highest BCUT2D eigenvalue weighted by atomic mass is 16.5. The second-order valence-corrected chi connectivity index (χ2v) is 5.56. The Labute approximate surface area is 126 Å². The normalized spacial score (nSPS) is 21.6. The van der Waals surface area contributed by atoms with Crippen LogP contribution < -0.4 is 5.32 Å². The molecular formula is C18H23NO2. The first kappa shape index (κ1) is 15.4. The van der Waals surface area contributed by atoms with E-state index in [1.54, 1.807) is 0 Å². The van der Waals surface area contributed by atoms with Crippen molar-refractivity contribution in [1.29, 1.82) is 0 Å². The average Bonchev–Trinajstić information content (AvgIpc) is 2.46. The standard InChI is InChI=1S/C18H23NO2/c1-13-8-10-16(11-9-13)18(20)19-12-17-14(2)6-4-5-7-15(3)21-17/h7-11H,4-6,12H2,1-3H3,(H,19,20)/b15-7+,17-14-. The molecule has 0 fully saturated rings. The Kier molecular flexibility index (Phi) is 5.20. The summed E-state index contributed by atoms with van der Waals surface area (Å²) in [4.78, 5) is 12.1. The van der Waals surface area contributed by atoms with Gasteiger partial charge in [0.05, 0.1) is 12.3 Å². The van der Waals surface area contributed by atoms with Crippen molar-refractivity contribution in [2.45, 2.75) is 40.0 Å². The zero-order valence-corrected chi connectivity index (χ0v) is 13.0. The summed E-state index contributed by atoms with van der Waals surface area (Å²) in [6.07, 6.45) is 5.29. The molecule has 112 valence electrons. The Bertz CT molecular complexity index is 567. The summed E-state index contributed by atoms with van der Waals surface area (Å²) in [6.45, 7) is 6.48. The van der Waals surface area contributed by atoms with Crippen LogP contribution in [0.5, 0.6) is 0 Å². The molecule has 1 aliphatic heterocycles. The molecule has 0 spiro atoms. The minimum atomic E-state index is -0.0670. The number of carbonyl (C=O) groups excluding carboxylic acids is 1. The van der Waals surface area contributed by atoms with E-state index < -0.39 is 0 Å². The topological polar surface area (TPSA) is 38.3 Å². The Morgan fingerprint density at radius 1 is 1.19 bits per heavy atom. The Morgan fingerprint density at radius 2 is 1.90 bits per heavy atom. The van der Waals surface area contributed by atoms with Gasteiger partial charge in [-0.15, -0.1) is 0 Å². The van der Waals surface area contributed by atoms with Gasteiger partial charge in [-0.3, -0.25) is 4.79 Å². The van der Waals surface area contributed by atoms with Crippen LogP contribution in [-0.2, 0) is 4.74 Å². The minimum Gasteiger partial charge on any atom is -0.465 e. The van der Waals surface area contributed by atoms with Crippen molar-refractivity contribution in [2.24, 2.45) is 0 Å². The van der Waals surface area contributed by atoms with Crippen molar-refractivity contribution in [3.8, 4) is 0 Å². The van der Waals surface area contributed by atoms with Crippen LogP contribution in [0.4, 0.5) is 0 Å². The van der Waals surface area contributed by atoms with Crippen LogP contribution in [0.15, 0.2) is 47.4 Å². The second kappa shape index (κ2) is 7.11. The van der Waals surface area contributed by atoms with Gasteiger partial charge in [0.2, 0.25) is 0 Å². The van der Waals surface area contributed by atoms with Crippen molar-refractivity contribution in [3.63, 3.8) is 0 Å². The number of carbonyl (C=O) groups is 1. The molecule has 3 nitrogen and oxygen atoms in total. The highest BCUT2D eigenvalue weighted by molar-refractivity contribution is 5.94. The van der Waals surface area contributed by atoms with Gasteiger partial charge in [-0.1, -0.05) is 17.7 Å². The van der Waals surface area contributed by atoms with Crippen molar-refractivity contribution in [2.75, 3.05) is 6.54 Å². The molecule has 1 aliphatic rings. The summed E-state index contributed by atoms with van der Waals surface area (Å²) >= 11 is 0. The lowest BCUT2D eigenvalue weighted by Gasteiger charge is -2.17. The third-order valence-electron chi connectivity index (χ3n) is 3.67. The van der Waals surface area contributed by atoms with Gasteiger partial charge < -0.3 is 10.1 Å². The quantitative estimate of drug-likeness (QED) is 0.908. The van der Waals surface area contributed by atoms with Crippen molar-refractivity contribution in [3.05, 3.63) is 58.6 Å². The number of ether oxygens (including phenoxy) is 1. The largest absolute Gasteiger partial charge is 0.465 e. The molecule has 1 heterocycles. The summed E-state index contributed by atoms with van der Waals surface area (Å²) in [6, 6.07) is 7.57. The number of hydrogen-bond donors (Lipinski definition) is 1. The van der Waals surface area contributed by atoms with Crippen LogP contribution in [0.3, 0.4) is 0 Å². The molecule has 1 N–H and O–H groups in total. The first-order chi connectivity index (χ1) is 10.1. The predicted octanol–water partition coefficient (Wildman–Crippen LogP) is 4.10. The average molecular weight is 285 g/mol. The minimum absolute atomic E-state index is 0.0670. The molecule has 1 amide bonds. The first-order valence-electron chi connectivity index (χ1n) is 7.44. The number of aryl methyl sites for hydroxylation is 1. The smallest absolute Gasteiger partial charge is 0.251 e. The molecule has 0 atom stereocenters. The number of allylic oxidation sites excluding steroid dienone is 3. The second-order valence-electron chi connectivity index (χ2n) is 5.56. The van der Waals surface area contributed by atoms with Crippen LogP contribution in [0.2, 0.25) is 0 Å². The van der Waals surface area contributed by atoms with Crippen LogP contribution in [0, 0.1) is 6.92 Å². The molecule has 3 heteroatoms. The lowest BCUT2D eigenvalue weighted by Crippen LogP contribution is -2.27. The molecule has 0 bridgehead atoms. The SMILES string of the molecule is C/C1=C(\CNC(=O)c2ccc(C)cc2)O/C(C)=C/CCC1. The predicted molar refractivity (Wildman–Crippen MR) is 84.9 cm³/mol. The maximum atomic E-state index is 12.1. The maximum Gasteiger partial charge on any atom is 0.251 e. The van der Waals surface area contributed by atoms with E-state index in [-0.39, 0.29) is 5.91 Å². The van der Waals surface area contributed by atoms with Gasteiger partial charge in [-0.2, -0.15) is 0 Å². The molecule has 0 saturated carbocycles. The molecule has 0 saturated heterocycles. The zero-order chi connectivity index (χ0) is 15.2. The van der Waals surface area contributed by atoms with Crippen LogP contribution >= 0.6 is 0 Å². The molecule has 2 rings (SSSR count). The van der Waals surface area contributed by atoms with E-state index in [1.165, 1.54) is 5.57 Å². The van der Waals surface area contributed by atoms with Gasteiger partial charge in [-0.05, 0) is 63.8 Å². The summed E-state index contributed by atoms with van der Waals surface area (Å²) in [5.41, 5.74) is 3.04. The fourth-order valence-corrected chi connectivity index (χ4v) is 2.29. The van der Waals surface area contributed by atoms with Crippen LogP contribution in [0.25, 0.3) is 0 Å². The summed E-state index contributed by atoms with van der Waals surface area (Å²) in [5, 5.41) is 2.94. The zero-order valence-electron chi connectivity index (χ0n) is 13.0. The number of amides is 1. The Morgan fingerprint density at radius 3 is 2.62 bits per heavy atom. The number of hydrogen-bond acceptors (Lipinski definition) is 2. The molecule has 21 heavy (non-hydrogen) atoms. The van der Waals surface area contributed by atoms with Gasteiger partial charge in [-0.25, -0.2) is 0 Å². The Hall–Kier alpha value is -2.03. The summed E-state index contributed by atoms with van der Waals surface area (Å²) < 4.78 is 5.83. The van der Waals surface area contributed by atoms with E-state index in [9.17, 15) is 4.79 Å². The van der Waals surface area contributed by atoms with Crippen LogP contribution in [0.1, 0.15) is 49.0 Å². The number of benzene rings is 1. The van der Waals surface area contributed by atoms with Gasteiger partial charge in [0.1, 0.15) is 5.76 Å². The lowest BCUT2D eigenvalue weighted by molar-refractivity contribution is 0.0950. The van der Waals surface area contributed by atoms with Gasteiger partial charge in [0, 0.05) is 5.56 Å². The molecule has 1 aromatic carbocycles. The third kappa shape index (κ3) is 4.48. The molecule has 1 aromatic rings. The Balaban J connectivity index is 2.00. The molecule has 0 unspecified atom stereocenters. The third-order valence-corrected chi connectivity index (χ3v) is 3.67. The first-order valence-corrected chi connectivity index (χ1v) is 7.44. The molecule has 0 aromatic heterocycles. The molecule has 0 radical (unpaired) electrons. The van der Waals surface area contributed by atoms with Crippen molar-refractivity contribution < 1.29 is 9.53 Å². The van der Waals surface area contributed by atoms with E-state index in [2.05, 4.69) is 18.3 Å².